The molecule has 6 rings (SSSR count). The van der Waals surface area contributed by atoms with Crippen LogP contribution < -0.4 is 34.3 Å². The van der Waals surface area contributed by atoms with Crippen molar-refractivity contribution in [2.45, 2.75) is 37.5 Å². The fourth-order valence-electron chi connectivity index (χ4n) is 5.83. The minimum atomic E-state index is 0. The number of halogens is 2. The predicted octanol–water partition coefficient (Wildman–Crippen LogP) is 1.78. The molecule has 4 atom stereocenters. The molecule has 2 aromatic rings. The molecule has 0 bridgehead atoms. The van der Waals surface area contributed by atoms with Crippen molar-refractivity contribution in [3.63, 3.8) is 0 Å². The Labute approximate surface area is 254 Å². The van der Waals surface area contributed by atoms with Gasteiger partial charge in [0, 0.05) is 0 Å². The zero-order valence-electron chi connectivity index (χ0n) is 21.4. The molecule has 37 heavy (non-hydrogen) atoms. The van der Waals surface area contributed by atoms with E-state index in [0.717, 1.165) is 23.3 Å². The number of ether oxygens (including phenoxy) is 2. The molecule has 4 aliphatic rings. The Bertz CT molecular complexity index is 1050. The van der Waals surface area contributed by atoms with E-state index in [-0.39, 0.29) is 51.0 Å². The average molecular weight is 613 g/mol. The Balaban J connectivity index is 0.000000241. The monoisotopic (exact) mass is 610 g/mol. The maximum Gasteiger partial charge on any atom is 4.00 e. The molecule has 0 saturated heterocycles. The van der Waals surface area contributed by atoms with Crippen molar-refractivity contribution in [1.82, 2.24) is 0 Å². The molecule has 0 spiro atoms. The maximum absolute atomic E-state index is 5.46. The molecule has 192 valence electrons. The standard InChI is InChI=1S/2C16H17O.2ClH.Zr/c2*1-17-16-9-5-4-8-15(16)14-10-12-6-2-3-7-13(12)11-14;;;/h2*2-6,8-10,13-14H,7,11H2,1H3;2*1H;/q2*-1;;;+4/p-2. The van der Waals surface area contributed by atoms with Crippen molar-refractivity contribution in [2.75, 3.05) is 14.2 Å². The minimum Gasteiger partial charge on any atom is -1.00 e. The summed E-state index contributed by atoms with van der Waals surface area (Å²) in [5.74, 6) is 4.50. The first kappa shape index (κ1) is 31.4. The Kier molecular flexibility index (Phi) is 12.7. The van der Waals surface area contributed by atoms with E-state index in [0.29, 0.717) is 11.8 Å². The molecule has 2 nitrogen and oxygen atoms in total. The second kappa shape index (κ2) is 15.0. The number of rotatable bonds is 4. The summed E-state index contributed by atoms with van der Waals surface area (Å²) in [4.78, 5) is 0. The Morgan fingerprint density at radius 3 is 1.43 bits per heavy atom. The topological polar surface area (TPSA) is 18.5 Å². The van der Waals surface area contributed by atoms with Crippen molar-refractivity contribution in [2.24, 2.45) is 11.8 Å². The Hall–Kier alpha value is -1.80. The first-order valence-corrected chi connectivity index (χ1v) is 12.5. The summed E-state index contributed by atoms with van der Waals surface area (Å²) in [6, 6.07) is 16.7. The van der Waals surface area contributed by atoms with E-state index >= 15 is 0 Å². The van der Waals surface area contributed by atoms with Crippen LogP contribution in [0.2, 0.25) is 0 Å². The van der Waals surface area contributed by atoms with Gasteiger partial charge in [-0.3, -0.25) is 0 Å². The van der Waals surface area contributed by atoms with Gasteiger partial charge >= 0.3 is 26.2 Å². The van der Waals surface area contributed by atoms with Gasteiger partial charge in [0.1, 0.15) is 11.5 Å². The fraction of sp³-hybridized carbons (Fsp3) is 0.312. The number of benzene rings is 2. The first-order chi connectivity index (χ1) is 16.8. The quantitative estimate of drug-likeness (QED) is 0.491. The van der Waals surface area contributed by atoms with Crippen molar-refractivity contribution < 1.29 is 60.5 Å². The van der Waals surface area contributed by atoms with E-state index in [1.165, 1.54) is 48.0 Å². The summed E-state index contributed by atoms with van der Waals surface area (Å²) in [7, 11) is 3.50. The zero-order valence-corrected chi connectivity index (χ0v) is 25.4. The average Bonchev–Trinajstić information content (AvgIpc) is 3.53. The molecule has 5 heteroatoms. The normalized spacial score (nSPS) is 23.9. The summed E-state index contributed by atoms with van der Waals surface area (Å²) in [6.45, 7) is 0. The van der Waals surface area contributed by atoms with Gasteiger partial charge in [0.25, 0.3) is 0 Å². The van der Waals surface area contributed by atoms with Crippen LogP contribution in [0.5, 0.6) is 11.5 Å². The molecule has 4 aliphatic carbocycles. The second-order valence-electron chi connectivity index (χ2n) is 9.56. The number of hydrogen-bond donors (Lipinski definition) is 0. The summed E-state index contributed by atoms with van der Waals surface area (Å²) in [5, 5.41) is 0. The van der Waals surface area contributed by atoms with Gasteiger partial charge in [-0.15, -0.1) is 24.3 Å². The third-order valence-electron chi connectivity index (χ3n) is 7.57. The van der Waals surface area contributed by atoms with E-state index in [1.54, 1.807) is 14.2 Å². The second-order valence-corrected chi connectivity index (χ2v) is 9.56. The predicted molar refractivity (Wildman–Crippen MR) is 140 cm³/mol. The fourth-order valence-corrected chi connectivity index (χ4v) is 5.83. The van der Waals surface area contributed by atoms with E-state index in [2.05, 4.69) is 85.7 Å². The maximum atomic E-state index is 5.46. The van der Waals surface area contributed by atoms with E-state index < -0.39 is 0 Å². The molecule has 0 amide bonds. The van der Waals surface area contributed by atoms with Gasteiger partial charge in [0.05, 0.1) is 14.2 Å². The van der Waals surface area contributed by atoms with Crippen molar-refractivity contribution in [1.29, 1.82) is 0 Å². The molecule has 0 radical (unpaired) electrons. The van der Waals surface area contributed by atoms with Gasteiger partial charge in [-0.25, -0.2) is 36.1 Å². The Morgan fingerprint density at radius 2 is 1.05 bits per heavy atom. The summed E-state index contributed by atoms with van der Waals surface area (Å²) >= 11 is 0. The van der Waals surface area contributed by atoms with Crippen LogP contribution in [0.25, 0.3) is 0 Å². The molecule has 2 saturated carbocycles. The molecule has 0 aliphatic heterocycles. The van der Waals surface area contributed by atoms with Gasteiger partial charge in [-0.2, -0.15) is 0 Å². The zero-order chi connectivity index (χ0) is 23.3. The van der Waals surface area contributed by atoms with Gasteiger partial charge < -0.3 is 34.3 Å². The van der Waals surface area contributed by atoms with Crippen LogP contribution in [0.4, 0.5) is 0 Å². The van der Waals surface area contributed by atoms with Crippen molar-refractivity contribution >= 4 is 0 Å². The summed E-state index contributed by atoms with van der Waals surface area (Å²) < 4.78 is 10.9. The minimum absolute atomic E-state index is 0. The smallest absolute Gasteiger partial charge is 1.00 e. The van der Waals surface area contributed by atoms with Gasteiger partial charge in [0.15, 0.2) is 0 Å². The van der Waals surface area contributed by atoms with E-state index in [1.807, 2.05) is 12.1 Å². The number of para-hydroxylation sites is 2. The van der Waals surface area contributed by atoms with Gasteiger partial charge in [0.2, 0.25) is 0 Å². The number of allylic oxidation sites excluding steroid dienone is 8. The molecule has 0 aromatic heterocycles. The summed E-state index contributed by atoms with van der Waals surface area (Å²) in [6.07, 6.45) is 23.0. The number of hydrogen-bond acceptors (Lipinski definition) is 2. The summed E-state index contributed by atoms with van der Waals surface area (Å²) in [5.41, 5.74) is 5.66. The molecule has 2 fully saturated rings. The van der Waals surface area contributed by atoms with Gasteiger partial charge in [-0.05, 0) is 47.9 Å². The van der Waals surface area contributed by atoms with Crippen LogP contribution in [0.1, 0.15) is 48.6 Å². The molecular weight excluding hydrogens is 578 g/mol. The third kappa shape index (κ3) is 7.20. The Morgan fingerprint density at radius 1 is 0.649 bits per heavy atom. The van der Waals surface area contributed by atoms with Crippen LogP contribution in [-0.4, -0.2) is 14.2 Å². The van der Waals surface area contributed by atoms with Crippen LogP contribution in [0.3, 0.4) is 0 Å². The van der Waals surface area contributed by atoms with E-state index in [9.17, 15) is 0 Å². The van der Waals surface area contributed by atoms with Crippen LogP contribution in [-0.2, 0) is 26.2 Å². The third-order valence-corrected chi connectivity index (χ3v) is 7.57. The molecular formula is C32H34Cl2O2Zr. The first-order valence-electron chi connectivity index (χ1n) is 12.5. The molecule has 4 unspecified atom stereocenters. The number of methoxy groups -OCH3 is 2. The SMILES string of the molecule is COc1ccccc1C1[CH-]C2=CC=CCC2C1.COc1ccccc1C1[CH-]C2=CC=CCC2C1.[Cl-].[Cl-].[Zr+4]. The van der Waals surface area contributed by atoms with E-state index in [4.69, 9.17) is 9.47 Å². The van der Waals surface area contributed by atoms with Gasteiger partial charge in [-0.1, -0.05) is 61.1 Å². The van der Waals surface area contributed by atoms with Crippen LogP contribution in [0, 0.1) is 24.7 Å². The van der Waals surface area contributed by atoms with Crippen LogP contribution >= 0.6 is 0 Å². The van der Waals surface area contributed by atoms with Crippen molar-refractivity contribution in [3.8, 4) is 11.5 Å². The molecule has 0 heterocycles. The largest absolute Gasteiger partial charge is 4.00 e. The number of fused-ring (bicyclic) bond motifs is 2. The van der Waals surface area contributed by atoms with Crippen LogP contribution in [0.15, 0.2) is 96.1 Å². The van der Waals surface area contributed by atoms with Crippen molar-refractivity contribution in [3.05, 3.63) is 120 Å². The molecule has 0 N–H and O–H groups in total. The molecule has 2 aromatic carbocycles.